The second-order valence-electron chi connectivity index (χ2n) is 4.91. The van der Waals surface area contributed by atoms with E-state index >= 15 is 0 Å². The summed E-state index contributed by atoms with van der Waals surface area (Å²) in [6, 6.07) is 1.74. The normalized spacial score (nSPS) is 12.3. The van der Waals surface area contributed by atoms with E-state index in [1.165, 1.54) is 7.11 Å². The summed E-state index contributed by atoms with van der Waals surface area (Å²) in [6.07, 6.45) is 2.78. The number of aromatic nitrogens is 1. The molecule has 96 valence electrons. The first-order chi connectivity index (χ1) is 7.63. The number of anilines is 1. The number of pyridine rings is 1. The lowest BCUT2D eigenvalue weighted by atomic mass is 9.88. The molecule has 1 aromatic heterocycles. The first-order valence-electron chi connectivity index (χ1n) is 5.16. The summed E-state index contributed by atoms with van der Waals surface area (Å²) >= 11 is 0. The molecule has 1 aromatic rings. The van der Waals surface area contributed by atoms with Crippen molar-refractivity contribution in [2.45, 2.75) is 26.2 Å². The first-order valence-corrected chi connectivity index (χ1v) is 7.05. The van der Waals surface area contributed by atoms with Gasteiger partial charge in [-0.05, 0) is 17.0 Å². The van der Waals surface area contributed by atoms with Crippen LogP contribution in [0.3, 0.4) is 0 Å². The number of sulfonamides is 1. The summed E-state index contributed by atoms with van der Waals surface area (Å²) in [4.78, 5) is 4.10. The molecule has 5 nitrogen and oxygen atoms in total. The van der Waals surface area contributed by atoms with Gasteiger partial charge < -0.3 is 4.74 Å². The van der Waals surface area contributed by atoms with Crippen molar-refractivity contribution in [1.82, 2.24) is 4.98 Å². The number of nitrogens with zero attached hydrogens (tertiary/aromatic N) is 1. The van der Waals surface area contributed by atoms with Crippen LogP contribution >= 0.6 is 0 Å². The van der Waals surface area contributed by atoms with Crippen LogP contribution < -0.4 is 9.46 Å². The summed E-state index contributed by atoms with van der Waals surface area (Å²) in [5, 5.41) is 0. The Hall–Kier alpha value is -1.30. The van der Waals surface area contributed by atoms with Gasteiger partial charge in [-0.15, -0.1) is 0 Å². The van der Waals surface area contributed by atoms with Crippen molar-refractivity contribution < 1.29 is 13.2 Å². The number of ether oxygens (including phenoxy) is 1. The van der Waals surface area contributed by atoms with E-state index in [9.17, 15) is 8.42 Å². The van der Waals surface area contributed by atoms with Gasteiger partial charge in [0.1, 0.15) is 5.69 Å². The zero-order valence-electron chi connectivity index (χ0n) is 10.7. The van der Waals surface area contributed by atoms with Crippen LogP contribution in [0.25, 0.3) is 0 Å². The molecule has 6 heteroatoms. The van der Waals surface area contributed by atoms with Crippen LogP contribution in [0.5, 0.6) is 5.88 Å². The fraction of sp³-hybridized carbons (Fsp3) is 0.545. The lowest BCUT2D eigenvalue weighted by molar-refractivity contribution is 0.399. The molecule has 0 saturated carbocycles. The Bertz CT molecular complexity index is 504. The Morgan fingerprint density at radius 2 is 1.94 bits per heavy atom. The van der Waals surface area contributed by atoms with Crippen molar-refractivity contribution in [1.29, 1.82) is 0 Å². The van der Waals surface area contributed by atoms with Gasteiger partial charge in [-0.2, -0.15) is 0 Å². The minimum atomic E-state index is -3.34. The van der Waals surface area contributed by atoms with Crippen LogP contribution in [-0.2, 0) is 15.4 Å². The molecule has 0 aliphatic carbocycles. The van der Waals surface area contributed by atoms with E-state index in [1.807, 2.05) is 20.8 Å². The molecule has 0 atom stereocenters. The van der Waals surface area contributed by atoms with E-state index in [4.69, 9.17) is 4.74 Å². The smallest absolute Gasteiger partial charge is 0.238 e. The first kappa shape index (κ1) is 13.8. The highest BCUT2D eigenvalue weighted by atomic mass is 32.2. The second-order valence-corrected chi connectivity index (χ2v) is 6.65. The van der Waals surface area contributed by atoms with Gasteiger partial charge in [-0.3, -0.25) is 4.72 Å². The van der Waals surface area contributed by atoms with Crippen LogP contribution in [-0.4, -0.2) is 26.8 Å². The molecule has 0 aliphatic heterocycles. The van der Waals surface area contributed by atoms with Gasteiger partial charge in [-0.1, -0.05) is 20.8 Å². The molecule has 1 rings (SSSR count). The van der Waals surface area contributed by atoms with E-state index < -0.39 is 10.0 Å². The molecule has 0 radical (unpaired) electrons. The molecule has 0 unspecified atom stereocenters. The topological polar surface area (TPSA) is 68.3 Å². The van der Waals surface area contributed by atoms with Gasteiger partial charge in [0.25, 0.3) is 0 Å². The molecule has 0 aromatic carbocycles. The maximum atomic E-state index is 11.2. The molecule has 1 N–H and O–H groups in total. The van der Waals surface area contributed by atoms with E-state index in [2.05, 4.69) is 9.71 Å². The summed E-state index contributed by atoms with van der Waals surface area (Å²) < 4.78 is 29.9. The van der Waals surface area contributed by atoms with Gasteiger partial charge in [0.2, 0.25) is 15.9 Å². The Labute approximate surface area is 102 Å². The fourth-order valence-corrected chi connectivity index (χ4v) is 1.84. The number of methoxy groups -OCH3 is 1. The maximum Gasteiger partial charge on any atom is 0.238 e. The van der Waals surface area contributed by atoms with Crippen LogP contribution in [0.15, 0.2) is 12.3 Å². The molecular weight excluding hydrogens is 240 g/mol. The van der Waals surface area contributed by atoms with E-state index in [1.54, 1.807) is 12.3 Å². The third kappa shape index (κ3) is 3.89. The minimum Gasteiger partial charge on any atom is -0.480 e. The largest absolute Gasteiger partial charge is 0.480 e. The Morgan fingerprint density at radius 3 is 2.35 bits per heavy atom. The highest BCUT2D eigenvalue weighted by Crippen LogP contribution is 2.29. The third-order valence-electron chi connectivity index (χ3n) is 2.21. The Balaban J connectivity index is 3.25. The average molecular weight is 258 g/mol. The molecule has 0 amide bonds. The van der Waals surface area contributed by atoms with Crippen molar-refractivity contribution in [2.24, 2.45) is 0 Å². The van der Waals surface area contributed by atoms with Crippen LogP contribution in [0.4, 0.5) is 5.69 Å². The predicted molar refractivity (Wildman–Crippen MR) is 68.0 cm³/mol. The van der Waals surface area contributed by atoms with Crippen molar-refractivity contribution in [3.63, 3.8) is 0 Å². The van der Waals surface area contributed by atoms with Crippen molar-refractivity contribution in [3.05, 3.63) is 17.8 Å². The van der Waals surface area contributed by atoms with Crippen LogP contribution in [0.1, 0.15) is 26.3 Å². The Kier molecular flexibility index (Phi) is 3.66. The minimum absolute atomic E-state index is 0.104. The van der Waals surface area contributed by atoms with Gasteiger partial charge in [-0.25, -0.2) is 13.4 Å². The molecule has 0 spiro atoms. The summed E-state index contributed by atoms with van der Waals surface area (Å²) in [5.74, 6) is 0.267. The van der Waals surface area contributed by atoms with E-state index in [-0.39, 0.29) is 11.3 Å². The molecule has 1 heterocycles. The van der Waals surface area contributed by atoms with Gasteiger partial charge in [0.05, 0.1) is 13.4 Å². The monoisotopic (exact) mass is 258 g/mol. The summed E-state index contributed by atoms with van der Waals surface area (Å²) in [7, 11) is -1.89. The van der Waals surface area contributed by atoms with Crippen LogP contribution in [0.2, 0.25) is 0 Å². The number of hydrogen-bond donors (Lipinski definition) is 1. The summed E-state index contributed by atoms with van der Waals surface area (Å²) in [5.41, 5.74) is 1.19. The average Bonchev–Trinajstić information content (AvgIpc) is 2.13. The predicted octanol–water partition coefficient (Wildman–Crippen LogP) is 1.76. The molecule has 0 saturated heterocycles. The lowest BCUT2D eigenvalue weighted by Gasteiger charge is -2.20. The SMILES string of the molecule is COc1ncc(C(C)(C)C)cc1NS(C)(=O)=O. The fourth-order valence-electron chi connectivity index (χ4n) is 1.30. The number of nitrogens with one attached hydrogen (secondary N) is 1. The molecule has 0 bridgehead atoms. The number of hydrogen-bond acceptors (Lipinski definition) is 4. The van der Waals surface area contributed by atoms with Crippen molar-refractivity contribution in [2.75, 3.05) is 18.1 Å². The number of rotatable bonds is 3. The highest BCUT2D eigenvalue weighted by Gasteiger charge is 2.18. The molecule has 0 aliphatic rings. The van der Waals surface area contributed by atoms with Gasteiger partial charge >= 0.3 is 0 Å². The Morgan fingerprint density at radius 1 is 1.35 bits per heavy atom. The summed E-state index contributed by atoms with van der Waals surface area (Å²) in [6.45, 7) is 6.09. The van der Waals surface area contributed by atoms with Crippen LogP contribution in [0, 0.1) is 0 Å². The standard InChI is InChI=1S/C11H18N2O3S/c1-11(2,3)8-6-9(13-17(5,14)15)10(16-4)12-7-8/h6-7,13H,1-5H3. The third-order valence-corrected chi connectivity index (χ3v) is 2.80. The zero-order chi connectivity index (χ0) is 13.3. The molecule has 0 fully saturated rings. The highest BCUT2D eigenvalue weighted by molar-refractivity contribution is 7.92. The van der Waals surface area contributed by atoms with Crippen molar-refractivity contribution in [3.8, 4) is 5.88 Å². The molecule has 17 heavy (non-hydrogen) atoms. The lowest BCUT2D eigenvalue weighted by Crippen LogP contribution is -2.15. The van der Waals surface area contributed by atoms with E-state index in [0.717, 1.165) is 11.8 Å². The van der Waals surface area contributed by atoms with Gasteiger partial charge in [0, 0.05) is 6.20 Å². The second kappa shape index (κ2) is 4.52. The van der Waals surface area contributed by atoms with Gasteiger partial charge in [0.15, 0.2) is 0 Å². The molecular formula is C11H18N2O3S. The zero-order valence-corrected chi connectivity index (χ0v) is 11.6. The maximum absolute atomic E-state index is 11.2. The quantitative estimate of drug-likeness (QED) is 0.897. The van der Waals surface area contributed by atoms with Crippen molar-refractivity contribution >= 4 is 15.7 Å². The van der Waals surface area contributed by atoms with E-state index in [0.29, 0.717) is 5.69 Å².